The molecule has 18 rings (SSSR count). The Hall–Kier alpha value is -9.88. The lowest BCUT2D eigenvalue weighted by Crippen LogP contribution is -2.33. The number of hydrogen-bond donors (Lipinski definition) is 0. The summed E-state index contributed by atoms with van der Waals surface area (Å²) >= 11 is 0. The van der Waals surface area contributed by atoms with Gasteiger partial charge in [0.1, 0.15) is 0 Å². The minimum Gasteiger partial charge on any atom is -0.0836 e. The minimum atomic E-state index is 0.177. The van der Waals surface area contributed by atoms with Gasteiger partial charge in [0.2, 0.25) is 0 Å². The van der Waals surface area contributed by atoms with E-state index in [0.717, 1.165) is 32.1 Å². The third-order valence-electron chi connectivity index (χ3n) is 20.5. The van der Waals surface area contributed by atoms with E-state index in [9.17, 15) is 0 Å². The van der Waals surface area contributed by atoms with Gasteiger partial charge in [-0.05, 0) is 216 Å². The van der Waals surface area contributed by atoms with Crippen LogP contribution in [0.1, 0.15) is 83.6 Å². The van der Waals surface area contributed by atoms with Crippen LogP contribution < -0.4 is 0 Å². The molecule has 5 atom stereocenters. The summed E-state index contributed by atoms with van der Waals surface area (Å²) in [6.45, 7) is 0. The number of fused-ring (bicyclic) bond motifs is 11. The molecule has 0 spiro atoms. The molecule has 0 fully saturated rings. The number of benzene rings is 12. The first-order valence-electron chi connectivity index (χ1n) is 31.4. The Morgan fingerprint density at radius 3 is 1.57 bits per heavy atom. The van der Waals surface area contributed by atoms with Crippen molar-refractivity contribution in [3.8, 4) is 66.8 Å². The molecule has 12 aromatic rings. The van der Waals surface area contributed by atoms with Crippen molar-refractivity contribution in [1.29, 1.82) is 0 Å². The van der Waals surface area contributed by atoms with Gasteiger partial charge in [-0.2, -0.15) is 0 Å². The third kappa shape index (κ3) is 7.62. The van der Waals surface area contributed by atoms with Crippen LogP contribution in [0.2, 0.25) is 0 Å². The fourth-order valence-corrected chi connectivity index (χ4v) is 17.1. The van der Waals surface area contributed by atoms with Crippen LogP contribution in [0.3, 0.4) is 0 Å². The molecule has 0 saturated carbocycles. The molecule has 5 unspecified atom stereocenters. The van der Waals surface area contributed by atoms with Crippen LogP contribution in [0.15, 0.2) is 302 Å². The van der Waals surface area contributed by atoms with Crippen molar-refractivity contribution in [2.75, 3.05) is 0 Å². The van der Waals surface area contributed by atoms with Crippen LogP contribution >= 0.6 is 0 Å². The van der Waals surface area contributed by atoms with E-state index < -0.39 is 0 Å². The van der Waals surface area contributed by atoms with Crippen molar-refractivity contribution >= 4 is 48.7 Å². The van der Waals surface area contributed by atoms with Gasteiger partial charge in [0.25, 0.3) is 0 Å². The molecule has 0 aromatic heterocycles. The lowest BCUT2D eigenvalue weighted by molar-refractivity contribution is 0.341. The van der Waals surface area contributed by atoms with Gasteiger partial charge in [0.15, 0.2) is 0 Å². The summed E-state index contributed by atoms with van der Waals surface area (Å²) in [6.07, 6.45) is 25.3. The molecular formula is C86H62. The third-order valence-corrected chi connectivity index (χ3v) is 20.5. The number of hydrogen-bond acceptors (Lipinski definition) is 0. The van der Waals surface area contributed by atoms with Crippen LogP contribution in [0.25, 0.3) is 115 Å². The Bertz CT molecular complexity index is 5010. The fourth-order valence-electron chi connectivity index (χ4n) is 17.1. The van der Waals surface area contributed by atoms with E-state index in [1.165, 1.54) is 149 Å². The second kappa shape index (κ2) is 19.9. The van der Waals surface area contributed by atoms with E-state index in [4.69, 9.17) is 0 Å². The highest BCUT2D eigenvalue weighted by molar-refractivity contribution is 6.31. The molecule has 0 aliphatic heterocycles. The molecule has 0 heterocycles. The molecular weight excluding hydrogens is 1030 g/mol. The molecule has 0 heteroatoms. The first-order chi connectivity index (χ1) is 42.7. The van der Waals surface area contributed by atoms with Crippen molar-refractivity contribution in [2.45, 2.75) is 55.8 Å². The van der Waals surface area contributed by atoms with Gasteiger partial charge in [0, 0.05) is 11.8 Å². The second-order valence-electron chi connectivity index (χ2n) is 24.9. The molecule has 6 aliphatic rings. The molecule has 0 amide bonds. The van der Waals surface area contributed by atoms with Gasteiger partial charge in [-0.3, -0.25) is 0 Å². The second-order valence-corrected chi connectivity index (χ2v) is 24.9. The van der Waals surface area contributed by atoms with Crippen LogP contribution in [0.4, 0.5) is 0 Å². The molecule has 6 aliphatic carbocycles. The van der Waals surface area contributed by atoms with Crippen molar-refractivity contribution < 1.29 is 0 Å². The van der Waals surface area contributed by atoms with Crippen molar-refractivity contribution in [1.82, 2.24) is 0 Å². The monoisotopic (exact) mass is 1090 g/mol. The predicted octanol–water partition coefficient (Wildman–Crippen LogP) is 23.3. The standard InChI is InChI=1S/C86H62/c1-5-21-53(22-6-1)59-33-13-37-63(49-59)77-73-47-45-68-67(81(73)79(65-39-15-35-61(51-65)55-25-9-3-10-26-55)85-71-43-19-31-57-29-17-41-69(75(57)71)83(77)85)46-48-74-78(64-38-14-34-60(50-64)54-23-7-2-8-24-54)84-70-42-18-30-58-32-20-44-72(76(58)70)86(84)80(82(68)74)66-40-16-36-62(52-66)56-27-11-4-12-28-56/h1,3-7,9-13,15-37,39,41-52,66,78,80,84,86H,2,8,14,38,40H2. The maximum Gasteiger partial charge on any atom is 0.0130 e. The quantitative estimate of drug-likeness (QED) is 0.133. The van der Waals surface area contributed by atoms with Gasteiger partial charge < -0.3 is 0 Å². The highest BCUT2D eigenvalue weighted by Gasteiger charge is 2.52. The van der Waals surface area contributed by atoms with Crippen LogP contribution in [-0.4, -0.2) is 0 Å². The van der Waals surface area contributed by atoms with E-state index in [-0.39, 0.29) is 29.6 Å². The predicted molar refractivity (Wildman–Crippen MR) is 364 cm³/mol. The zero-order valence-electron chi connectivity index (χ0n) is 48.1. The molecule has 0 bridgehead atoms. The largest absolute Gasteiger partial charge is 0.0836 e. The van der Waals surface area contributed by atoms with E-state index in [0.29, 0.717) is 0 Å². The maximum atomic E-state index is 2.69. The summed E-state index contributed by atoms with van der Waals surface area (Å²) < 4.78 is 0. The van der Waals surface area contributed by atoms with Crippen LogP contribution in [0.5, 0.6) is 0 Å². The summed E-state index contributed by atoms with van der Waals surface area (Å²) in [6, 6.07) is 90.9. The SMILES string of the molecule is C1=CC(C2=CCCC(C3c4ccc5c(ccc6c(-c7cccc(-c8ccccc8)c7)c7c(c(-c8cccc(-c9ccccc9)c8)c65)-c5cccc6cccc-7c56)c4C(C4C=C(c5ccccc5)C=CC4)C4c5cccc6cccc(c56)C34)=C2)=CCC1. The van der Waals surface area contributed by atoms with Gasteiger partial charge in [-0.25, -0.2) is 0 Å². The summed E-state index contributed by atoms with van der Waals surface area (Å²) in [5.41, 5.74) is 28.3. The normalized spacial score (nSPS) is 19.7. The van der Waals surface area contributed by atoms with Crippen LogP contribution in [0, 0.1) is 5.92 Å². The first kappa shape index (κ1) is 49.5. The van der Waals surface area contributed by atoms with Gasteiger partial charge in [-0.15, -0.1) is 0 Å². The average Bonchev–Trinajstić information content (AvgIpc) is 2.14. The Balaban J connectivity index is 0.990. The van der Waals surface area contributed by atoms with E-state index in [1.54, 1.807) is 11.1 Å². The molecule has 12 aromatic carbocycles. The highest BCUT2D eigenvalue weighted by atomic mass is 14.5. The summed E-state index contributed by atoms with van der Waals surface area (Å²) in [5.74, 6) is 1.12. The molecule has 0 saturated heterocycles. The zero-order valence-corrected chi connectivity index (χ0v) is 48.1. The van der Waals surface area contributed by atoms with Gasteiger partial charge in [-0.1, -0.05) is 279 Å². The lowest BCUT2D eigenvalue weighted by atomic mass is 9.56. The van der Waals surface area contributed by atoms with Crippen molar-refractivity contribution in [3.63, 3.8) is 0 Å². The average molecular weight is 1100 g/mol. The van der Waals surface area contributed by atoms with Gasteiger partial charge in [0.05, 0.1) is 0 Å². The Morgan fingerprint density at radius 1 is 0.326 bits per heavy atom. The van der Waals surface area contributed by atoms with Crippen LogP contribution in [-0.2, 0) is 0 Å². The molecule has 0 radical (unpaired) electrons. The Labute approximate surface area is 503 Å². The first-order valence-corrected chi connectivity index (χ1v) is 31.4. The van der Waals surface area contributed by atoms with E-state index >= 15 is 0 Å². The molecule has 406 valence electrons. The zero-order chi connectivity index (χ0) is 56.4. The van der Waals surface area contributed by atoms with Crippen molar-refractivity contribution in [3.05, 3.63) is 330 Å². The molecule has 0 nitrogen and oxygen atoms in total. The molecule has 86 heavy (non-hydrogen) atoms. The van der Waals surface area contributed by atoms with Crippen molar-refractivity contribution in [2.24, 2.45) is 5.92 Å². The van der Waals surface area contributed by atoms with E-state index in [1.807, 2.05) is 0 Å². The Morgan fingerprint density at radius 2 is 0.884 bits per heavy atom. The number of rotatable bonds is 8. The number of allylic oxidation sites excluding steroid dienone is 12. The molecule has 0 N–H and O–H groups in total. The van der Waals surface area contributed by atoms with Gasteiger partial charge >= 0.3 is 0 Å². The highest BCUT2D eigenvalue weighted by Crippen LogP contribution is 2.68. The Kier molecular flexibility index (Phi) is 11.4. The summed E-state index contributed by atoms with van der Waals surface area (Å²) in [4.78, 5) is 0. The smallest absolute Gasteiger partial charge is 0.0130 e. The minimum absolute atomic E-state index is 0.177. The lowest BCUT2D eigenvalue weighted by Gasteiger charge is -2.47. The maximum absolute atomic E-state index is 2.69. The summed E-state index contributed by atoms with van der Waals surface area (Å²) in [5, 5.41) is 10.8. The summed E-state index contributed by atoms with van der Waals surface area (Å²) in [7, 11) is 0. The fraction of sp³-hybridized carbons (Fsp3) is 0.116. The topological polar surface area (TPSA) is 0 Å². The van der Waals surface area contributed by atoms with E-state index in [2.05, 4.69) is 285 Å².